The number of methoxy groups -OCH3 is 1. The second-order valence-corrected chi connectivity index (χ2v) is 5.73. The van der Waals surface area contributed by atoms with Crippen LogP contribution in [0.5, 0.6) is 0 Å². The Balaban J connectivity index is 2.33. The van der Waals surface area contributed by atoms with Gasteiger partial charge in [0.2, 0.25) is 10.0 Å². The van der Waals surface area contributed by atoms with Crippen molar-refractivity contribution >= 4 is 16.0 Å². The summed E-state index contributed by atoms with van der Waals surface area (Å²) in [6.07, 6.45) is 2.08. The van der Waals surface area contributed by atoms with Crippen LogP contribution < -0.4 is 4.72 Å². The van der Waals surface area contributed by atoms with Gasteiger partial charge in [-0.3, -0.25) is 9.48 Å². The van der Waals surface area contributed by atoms with E-state index in [0.717, 1.165) is 0 Å². The number of nitrogens with one attached hydrogen (secondary N) is 1. The van der Waals surface area contributed by atoms with Gasteiger partial charge < -0.3 is 4.74 Å². The number of nitrogens with zero attached hydrogens (tertiary/aromatic N) is 2. The number of rotatable bonds is 7. The second-order valence-electron chi connectivity index (χ2n) is 3.80. The first-order valence-electron chi connectivity index (χ1n) is 5.45. The van der Waals surface area contributed by atoms with Crippen molar-refractivity contribution in [1.82, 2.24) is 14.5 Å². The first kappa shape index (κ1) is 14.7. The SMILES string of the molecule is COC(=O)CCCS(=O)(=O)NCc1ccn(C)n1. The van der Waals surface area contributed by atoms with Gasteiger partial charge in [-0.25, -0.2) is 13.1 Å². The quantitative estimate of drug-likeness (QED) is 0.696. The summed E-state index contributed by atoms with van der Waals surface area (Å²) in [6.45, 7) is 0.154. The highest BCUT2D eigenvalue weighted by atomic mass is 32.2. The molecule has 0 spiro atoms. The fourth-order valence-electron chi connectivity index (χ4n) is 1.32. The van der Waals surface area contributed by atoms with Gasteiger partial charge in [-0.2, -0.15) is 5.10 Å². The lowest BCUT2D eigenvalue weighted by Gasteiger charge is -2.04. The highest BCUT2D eigenvalue weighted by Crippen LogP contribution is 1.99. The zero-order valence-corrected chi connectivity index (χ0v) is 11.2. The molecule has 102 valence electrons. The van der Waals surface area contributed by atoms with E-state index in [1.807, 2.05) is 0 Å². The first-order chi connectivity index (χ1) is 8.43. The lowest BCUT2D eigenvalue weighted by Crippen LogP contribution is -2.26. The maximum Gasteiger partial charge on any atom is 0.305 e. The molecule has 7 nitrogen and oxygen atoms in total. The summed E-state index contributed by atoms with van der Waals surface area (Å²) in [7, 11) is -0.349. The molecule has 8 heteroatoms. The van der Waals surface area contributed by atoms with E-state index in [0.29, 0.717) is 5.69 Å². The average Bonchev–Trinajstić information content (AvgIpc) is 2.72. The van der Waals surface area contributed by atoms with E-state index in [-0.39, 0.29) is 25.1 Å². The fourth-order valence-corrected chi connectivity index (χ4v) is 2.36. The molecule has 1 N–H and O–H groups in total. The number of carbonyl (C=O) groups is 1. The molecule has 1 aromatic rings. The lowest BCUT2D eigenvalue weighted by atomic mass is 10.3. The molecule has 0 unspecified atom stereocenters. The highest BCUT2D eigenvalue weighted by molar-refractivity contribution is 7.89. The van der Waals surface area contributed by atoms with Crippen LogP contribution in [0.1, 0.15) is 18.5 Å². The molecule has 0 aliphatic heterocycles. The Kier molecular flexibility index (Phi) is 5.29. The summed E-state index contributed by atoms with van der Waals surface area (Å²) in [5, 5.41) is 4.05. The van der Waals surface area contributed by atoms with Crippen molar-refractivity contribution in [3.05, 3.63) is 18.0 Å². The minimum absolute atomic E-state index is 0.0982. The van der Waals surface area contributed by atoms with Gasteiger partial charge in [-0.1, -0.05) is 0 Å². The highest BCUT2D eigenvalue weighted by Gasteiger charge is 2.12. The van der Waals surface area contributed by atoms with Gasteiger partial charge in [0, 0.05) is 19.7 Å². The van der Waals surface area contributed by atoms with Crippen molar-refractivity contribution in [2.45, 2.75) is 19.4 Å². The largest absolute Gasteiger partial charge is 0.469 e. The van der Waals surface area contributed by atoms with Crippen LogP contribution in [0.4, 0.5) is 0 Å². The zero-order valence-electron chi connectivity index (χ0n) is 10.4. The van der Waals surface area contributed by atoms with E-state index in [1.54, 1.807) is 24.0 Å². The number of aryl methyl sites for hydroxylation is 1. The normalized spacial score (nSPS) is 11.4. The summed E-state index contributed by atoms with van der Waals surface area (Å²) in [6, 6.07) is 1.73. The second kappa shape index (κ2) is 6.50. The van der Waals surface area contributed by atoms with Crippen molar-refractivity contribution in [2.24, 2.45) is 7.05 Å². The van der Waals surface area contributed by atoms with Crippen molar-refractivity contribution in [2.75, 3.05) is 12.9 Å². The Bertz CT molecular complexity index is 495. The molecular formula is C10H17N3O4S. The lowest BCUT2D eigenvalue weighted by molar-refractivity contribution is -0.140. The third kappa shape index (κ3) is 5.28. The molecule has 0 bridgehead atoms. The fraction of sp³-hybridized carbons (Fsp3) is 0.600. The number of esters is 1. The van der Waals surface area contributed by atoms with E-state index >= 15 is 0 Å². The van der Waals surface area contributed by atoms with Crippen LogP contribution in [0.15, 0.2) is 12.3 Å². The van der Waals surface area contributed by atoms with Crippen LogP contribution >= 0.6 is 0 Å². The van der Waals surface area contributed by atoms with E-state index in [9.17, 15) is 13.2 Å². The van der Waals surface area contributed by atoms with Crippen LogP contribution in [0.2, 0.25) is 0 Å². The number of hydrogen-bond donors (Lipinski definition) is 1. The molecule has 0 aliphatic rings. The van der Waals surface area contributed by atoms with E-state index in [1.165, 1.54) is 7.11 Å². The summed E-state index contributed by atoms with van der Waals surface area (Å²) in [4.78, 5) is 10.8. The number of aromatic nitrogens is 2. The molecule has 0 fully saturated rings. The van der Waals surface area contributed by atoms with Gasteiger partial charge >= 0.3 is 5.97 Å². The van der Waals surface area contributed by atoms with Crippen LogP contribution in [-0.2, 0) is 33.1 Å². The predicted molar refractivity (Wildman–Crippen MR) is 65.1 cm³/mol. The zero-order chi connectivity index (χ0) is 13.6. The molecule has 0 saturated carbocycles. The maximum atomic E-state index is 11.6. The molecule has 0 aromatic carbocycles. The van der Waals surface area contributed by atoms with Crippen molar-refractivity contribution in [1.29, 1.82) is 0 Å². The number of hydrogen-bond acceptors (Lipinski definition) is 5. The van der Waals surface area contributed by atoms with E-state index in [2.05, 4.69) is 14.6 Å². The molecule has 0 atom stereocenters. The number of ether oxygens (including phenoxy) is 1. The summed E-state index contributed by atoms with van der Waals surface area (Å²) >= 11 is 0. The van der Waals surface area contributed by atoms with Gasteiger partial charge in [-0.15, -0.1) is 0 Å². The van der Waals surface area contributed by atoms with Gasteiger partial charge in [0.15, 0.2) is 0 Å². The molecule has 0 saturated heterocycles. The summed E-state index contributed by atoms with van der Waals surface area (Å²) in [5.74, 6) is -0.510. The van der Waals surface area contributed by atoms with Crippen LogP contribution in [-0.4, -0.2) is 37.0 Å². The Morgan fingerprint density at radius 3 is 2.83 bits per heavy atom. The van der Waals surface area contributed by atoms with Crippen LogP contribution in [0.25, 0.3) is 0 Å². The number of carbonyl (C=O) groups excluding carboxylic acids is 1. The smallest absolute Gasteiger partial charge is 0.305 e. The molecule has 18 heavy (non-hydrogen) atoms. The third-order valence-corrected chi connectivity index (χ3v) is 3.67. The summed E-state index contributed by atoms with van der Waals surface area (Å²) < 4.78 is 31.6. The minimum atomic E-state index is -3.38. The molecule has 1 aromatic heterocycles. The first-order valence-corrected chi connectivity index (χ1v) is 7.11. The van der Waals surface area contributed by atoms with Crippen molar-refractivity contribution in [3.63, 3.8) is 0 Å². The topological polar surface area (TPSA) is 90.3 Å². The van der Waals surface area contributed by atoms with Gasteiger partial charge in [0.25, 0.3) is 0 Å². The monoisotopic (exact) mass is 275 g/mol. The number of sulfonamides is 1. The van der Waals surface area contributed by atoms with Crippen molar-refractivity contribution < 1.29 is 17.9 Å². The predicted octanol–water partition coefficient (Wildman–Crippen LogP) is -0.207. The Morgan fingerprint density at radius 1 is 1.56 bits per heavy atom. The van der Waals surface area contributed by atoms with Gasteiger partial charge in [0.1, 0.15) is 0 Å². The molecule has 0 radical (unpaired) electrons. The minimum Gasteiger partial charge on any atom is -0.469 e. The van der Waals surface area contributed by atoms with Gasteiger partial charge in [-0.05, 0) is 12.5 Å². The Morgan fingerprint density at radius 2 is 2.28 bits per heavy atom. The van der Waals surface area contributed by atoms with Crippen LogP contribution in [0, 0.1) is 0 Å². The molecule has 1 heterocycles. The Hall–Kier alpha value is -1.41. The molecule has 1 rings (SSSR count). The van der Waals surface area contributed by atoms with E-state index in [4.69, 9.17) is 0 Å². The third-order valence-electron chi connectivity index (χ3n) is 2.26. The molecular weight excluding hydrogens is 258 g/mol. The Labute approximate surface area is 106 Å². The van der Waals surface area contributed by atoms with Gasteiger partial charge in [0.05, 0.1) is 25.1 Å². The molecule has 0 amide bonds. The standard InChI is InChI=1S/C10H17N3O4S/c1-13-6-5-9(12-13)8-11-18(15,16)7-3-4-10(14)17-2/h5-6,11H,3-4,7-8H2,1-2H3. The maximum absolute atomic E-state index is 11.6. The molecule has 0 aliphatic carbocycles. The van der Waals surface area contributed by atoms with Crippen LogP contribution in [0.3, 0.4) is 0 Å². The summed E-state index contributed by atoms with van der Waals surface area (Å²) in [5.41, 5.74) is 0.647. The average molecular weight is 275 g/mol. The van der Waals surface area contributed by atoms with Crippen molar-refractivity contribution in [3.8, 4) is 0 Å². The van der Waals surface area contributed by atoms with E-state index < -0.39 is 16.0 Å².